The zero-order valence-corrected chi connectivity index (χ0v) is 20.3. The van der Waals surface area contributed by atoms with Crippen molar-refractivity contribution in [3.63, 3.8) is 0 Å². The van der Waals surface area contributed by atoms with Gasteiger partial charge in [0.2, 0.25) is 0 Å². The summed E-state index contributed by atoms with van der Waals surface area (Å²) in [6.07, 6.45) is 6.50. The first kappa shape index (κ1) is 23.3. The lowest BCUT2D eigenvalue weighted by molar-refractivity contribution is 0.245. The lowest BCUT2D eigenvalue weighted by atomic mass is 10.1. The third-order valence-electron chi connectivity index (χ3n) is 5.57. The standard InChI is InChI=1S/C24H30N6.HI/c1-25-24(26-16-20-17-28-30(19-20)22-12-6-3-7-13-22)27-18-23(29-14-8-9-15-29)21-10-4-2-5-11-21;/h2-7,10-13,17,19,23H,8-9,14-16,18H2,1H3,(H2,25,26,27);1H. The lowest BCUT2D eigenvalue weighted by Gasteiger charge is -2.28. The number of hydrogen-bond acceptors (Lipinski definition) is 3. The molecule has 1 aliphatic heterocycles. The number of likely N-dealkylation sites (tertiary alicyclic amines) is 1. The molecule has 4 rings (SSSR count). The summed E-state index contributed by atoms with van der Waals surface area (Å²) in [5.41, 5.74) is 3.52. The van der Waals surface area contributed by atoms with E-state index in [-0.39, 0.29) is 24.0 Å². The number of rotatable bonds is 7. The number of nitrogens with one attached hydrogen (secondary N) is 2. The highest BCUT2D eigenvalue weighted by Crippen LogP contribution is 2.24. The zero-order chi connectivity index (χ0) is 20.6. The first-order chi connectivity index (χ1) is 14.8. The molecule has 2 heterocycles. The van der Waals surface area contributed by atoms with E-state index in [1.54, 1.807) is 0 Å². The topological polar surface area (TPSA) is 57.5 Å². The Hall–Kier alpha value is -2.39. The second-order valence-corrected chi connectivity index (χ2v) is 7.60. The fraction of sp³-hybridized carbons (Fsp3) is 0.333. The zero-order valence-electron chi connectivity index (χ0n) is 17.9. The van der Waals surface area contributed by atoms with E-state index < -0.39 is 0 Å². The molecule has 1 fully saturated rings. The van der Waals surface area contributed by atoms with Crippen molar-refractivity contribution in [1.82, 2.24) is 25.3 Å². The molecule has 2 aromatic carbocycles. The number of aromatic nitrogens is 2. The van der Waals surface area contributed by atoms with Crippen LogP contribution in [0.2, 0.25) is 0 Å². The lowest BCUT2D eigenvalue weighted by Crippen LogP contribution is -2.42. The summed E-state index contributed by atoms with van der Waals surface area (Å²) in [6.45, 7) is 3.82. The molecule has 0 radical (unpaired) electrons. The number of para-hydroxylation sites is 1. The molecule has 0 spiro atoms. The Morgan fingerprint density at radius 2 is 1.68 bits per heavy atom. The molecule has 0 saturated carbocycles. The van der Waals surface area contributed by atoms with Gasteiger partial charge < -0.3 is 10.6 Å². The molecule has 2 N–H and O–H groups in total. The molecule has 1 aromatic heterocycles. The molecule has 31 heavy (non-hydrogen) atoms. The van der Waals surface area contributed by atoms with Gasteiger partial charge in [-0.15, -0.1) is 24.0 Å². The summed E-state index contributed by atoms with van der Waals surface area (Å²) in [6, 6.07) is 21.3. The van der Waals surface area contributed by atoms with Crippen LogP contribution in [0.15, 0.2) is 78.0 Å². The quantitative estimate of drug-likeness (QED) is 0.276. The predicted octanol–water partition coefficient (Wildman–Crippen LogP) is 3.99. The fourth-order valence-electron chi connectivity index (χ4n) is 3.96. The first-order valence-electron chi connectivity index (χ1n) is 10.7. The number of guanidine groups is 1. The molecule has 1 aliphatic rings. The minimum Gasteiger partial charge on any atom is -0.354 e. The molecule has 0 bridgehead atoms. The van der Waals surface area contributed by atoms with Gasteiger partial charge in [-0.2, -0.15) is 5.10 Å². The van der Waals surface area contributed by atoms with Gasteiger partial charge in [0.05, 0.1) is 17.9 Å². The third kappa shape index (κ3) is 6.30. The molecule has 0 aliphatic carbocycles. The molecule has 1 unspecified atom stereocenters. The van der Waals surface area contributed by atoms with Crippen molar-refractivity contribution in [3.05, 3.63) is 84.2 Å². The van der Waals surface area contributed by atoms with Gasteiger partial charge in [-0.3, -0.25) is 9.89 Å². The van der Waals surface area contributed by atoms with Crippen LogP contribution in [0.3, 0.4) is 0 Å². The van der Waals surface area contributed by atoms with E-state index >= 15 is 0 Å². The Balaban J connectivity index is 0.00000272. The molecular weight excluding hydrogens is 499 g/mol. The maximum atomic E-state index is 4.47. The highest BCUT2D eigenvalue weighted by atomic mass is 127. The fourth-order valence-corrected chi connectivity index (χ4v) is 3.96. The molecular formula is C24H31IN6. The van der Waals surface area contributed by atoms with Gasteiger partial charge >= 0.3 is 0 Å². The van der Waals surface area contributed by atoms with Crippen LogP contribution in [0.25, 0.3) is 5.69 Å². The molecule has 1 atom stereocenters. The summed E-state index contributed by atoms with van der Waals surface area (Å²) >= 11 is 0. The van der Waals surface area contributed by atoms with Crippen molar-refractivity contribution in [3.8, 4) is 5.69 Å². The number of halogens is 1. The van der Waals surface area contributed by atoms with E-state index in [2.05, 4.69) is 56.0 Å². The second-order valence-electron chi connectivity index (χ2n) is 7.60. The van der Waals surface area contributed by atoms with Gasteiger partial charge in [0.15, 0.2) is 5.96 Å². The van der Waals surface area contributed by atoms with Crippen LogP contribution >= 0.6 is 24.0 Å². The van der Waals surface area contributed by atoms with Gasteiger partial charge in [0.1, 0.15) is 0 Å². The smallest absolute Gasteiger partial charge is 0.191 e. The van der Waals surface area contributed by atoms with Gasteiger partial charge in [0, 0.05) is 31.9 Å². The summed E-state index contributed by atoms with van der Waals surface area (Å²) in [7, 11) is 1.82. The highest BCUT2D eigenvalue weighted by Gasteiger charge is 2.23. The molecule has 6 nitrogen and oxygen atoms in total. The molecule has 0 amide bonds. The Morgan fingerprint density at radius 3 is 2.35 bits per heavy atom. The van der Waals surface area contributed by atoms with Crippen molar-refractivity contribution in [2.75, 3.05) is 26.7 Å². The van der Waals surface area contributed by atoms with Crippen LogP contribution in [0.4, 0.5) is 0 Å². The molecule has 3 aromatic rings. The maximum absolute atomic E-state index is 4.47. The minimum absolute atomic E-state index is 0. The summed E-state index contributed by atoms with van der Waals surface area (Å²) in [5, 5.41) is 11.4. The van der Waals surface area contributed by atoms with E-state index in [4.69, 9.17) is 0 Å². The Morgan fingerprint density at radius 1 is 1.00 bits per heavy atom. The minimum atomic E-state index is 0. The summed E-state index contributed by atoms with van der Waals surface area (Å²) < 4.78 is 1.89. The van der Waals surface area contributed by atoms with Crippen LogP contribution in [-0.4, -0.2) is 47.3 Å². The Labute approximate surface area is 201 Å². The monoisotopic (exact) mass is 530 g/mol. The third-order valence-corrected chi connectivity index (χ3v) is 5.57. The van der Waals surface area contributed by atoms with Crippen LogP contribution < -0.4 is 10.6 Å². The number of benzene rings is 2. The highest BCUT2D eigenvalue weighted by molar-refractivity contribution is 14.0. The number of aliphatic imine (C=N–C) groups is 1. The average molecular weight is 530 g/mol. The SMILES string of the molecule is CN=C(NCc1cnn(-c2ccccc2)c1)NCC(c1ccccc1)N1CCCC1.I. The Kier molecular flexibility index (Phi) is 8.90. The van der Waals surface area contributed by atoms with Crippen LogP contribution in [0.5, 0.6) is 0 Å². The summed E-state index contributed by atoms with van der Waals surface area (Å²) in [5.74, 6) is 0.808. The van der Waals surface area contributed by atoms with E-state index in [1.807, 2.05) is 54.5 Å². The Bertz CT molecular complexity index is 935. The summed E-state index contributed by atoms with van der Waals surface area (Å²) in [4.78, 5) is 6.98. The van der Waals surface area contributed by atoms with Crippen LogP contribution in [0.1, 0.15) is 30.0 Å². The van der Waals surface area contributed by atoms with Gasteiger partial charge in [0.25, 0.3) is 0 Å². The van der Waals surface area contributed by atoms with Crippen molar-refractivity contribution < 1.29 is 0 Å². The normalized spacial score (nSPS) is 15.3. The van der Waals surface area contributed by atoms with E-state index in [9.17, 15) is 0 Å². The average Bonchev–Trinajstić information content (AvgIpc) is 3.50. The number of nitrogens with zero attached hydrogens (tertiary/aromatic N) is 4. The maximum Gasteiger partial charge on any atom is 0.191 e. The van der Waals surface area contributed by atoms with Crippen molar-refractivity contribution in [2.24, 2.45) is 4.99 Å². The second kappa shape index (κ2) is 11.9. The van der Waals surface area contributed by atoms with Crippen molar-refractivity contribution in [1.29, 1.82) is 0 Å². The van der Waals surface area contributed by atoms with E-state index in [0.717, 1.165) is 36.8 Å². The molecule has 1 saturated heterocycles. The van der Waals surface area contributed by atoms with Crippen LogP contribution in [0, 0.1) is 0 Å². The number of hydrogen-bond donors (Lipinski definition) is 2. The predicted molar refractivity (Wildman–Crippen MR) is 137 cm³/mol. The van der Waals surface area contributed by atoms with Gasteiger partial charge in [-0.05, 0) is 43.6 Å². The largest absolute Gasteiger partial charge is 0.354 e. The molecule has 7 heteroatoms. The van der Waals surface area contributed by atoms with Crippen molar-refractivity contribution >= 4 is 29.9 Å². The van der Waals surface area contributed by atoms with Crippen molar-refractivity contribution in [2.45, 2.75) is 25.4 Å². The van der Waals surface area contributed by atoms with Gasteiger partial charge in [-0.1, -0.05) is 48.5 Å². The van der Waals surface area contributed by atoms with E-state index in [0.29, 0.717) is 12.6 Å². The van der Waals surface area contributed by atoms with Gasteiger partial charge in [-0.25, -0.2) is 4.68 Å². The van der Waals surface area contributed by atoms with E-state index in [1.165, 1.54) is 18.4 Å². The molecule has 164 valence electrons. The first-order valence-corrected chi connectivity index (χ1v) is 10.7. The van der Waals surface area contributed by atoms with Crippen LogP contribution in [-0.2, 0) is 6.54 Å².